The van der Waals surface area contributed by atoms with E-state index < -0.39 is 17.8 Å². The number of hydrogen-bond acceptors (Lipinski definition) is 1. The van der Waals surface area contributed by atoms with E-state index in [1.807, 2.05) is 0 Å². The molecule has 64 valence electrons. The summed E-state index contributed by atoms with van der Waals surface area (Å²) in [6, 6.07) is 0. The van der Waals surface area contributed by atoms with Crippen LogP contribution in [0.2, 0.25) is 0 Å². The predicted molar refractivity (Wildman–Crippen MR) is 39.5 cm³/mol. The Hall–Kier alpha value is -0.406. The van der Waals surface area contributed by atoms with Crippen molar-refractivity contribution in [2.24, 2.45) is 0 Å². The van der Waals surface area contributed by atoms with E-state index in [0.717, 1.165) is 4.65 Å². The molecule has 0 radical (unpaired) electrons. The molecule has 0 aromatic heterocycles. The van der Waals surface area contributed by atoms with E-state index in [-0.39, 0.29) is 11.4 Å². The topological polar surface area (TPSA) is 12.0 Å². The van der Waals surface area contributed by atoms with Gasteiger partial charge in [-0.2, -0.15) is 0 Å². The van der Waals surface area contributed by atoms with Crippen molar-refractivity contribution in [1.82, 2.24) is 4.65 Å². The van der Waals surface area contributed by atoms with Gasteiger partial charge in [0, 0.05) is 0 Å². The van der Waals surface area contributed by atoms with Crippen molar-refractivity contribution in [2.75, 3.05) is 0 Å². The van der Waals surface area contributed by atoms with E-state index in [1.165, 1.54) is 0 Å². The summed E-state index contributed by atoms with van der Waals surface area (Å²) < 4.78 is 50.0. The van der Waals surface area contributed by atoms with Gasteiger partial charge in [-0.05, 0) is 11.4 Å². The molecule has 0 aliphatic carbocycles. The molecule has 0 aromatic carbocycles. The average Bonchev–Trinajstić information content (AvgIpc) is 1.86. The van der Waals surface area contributed by atoms with E-state index in [4.69, 9.17) is 0 Å². The first kappa shape index (κ1) is 10.6. The molecular formula is C4H7F4NSi2. The highest BCUT2D eigenvalue weighted by atomic mass is 28.5. The SMILES string of the molecule is C=C[Si](F)(F)N[Si](F)(F)C=C. The van der Waals surface area contributed by atoms with Crippen LogP contribution in [0.1, 0.15) is 0 Å². The third kappa shape index (κ3) is 4.12. The molecule has 0 rings (SSSR count). The van der Waals surface area contributed by atoms with Crippen LogP contribution < -0.4 is 4.65 Å². The van der Waals surface area contributed by atoms with Gasteiger partial charge in [-0.25, -0.2) is 16.4 Å². The van der Waals surface area contributed by atoms with E-state index in [9.17, 15) is 16.4 Å². The third-order valence-electron chi connectivity index (χ3n) is 0.846. The molecule has 1 N–H and O–H groups in total. The highest BCUT2D eigenvalue weighted by Gasteiger charge is 2.45. The Labute approximate surface area is 64.3 Å². The summed E-state index contributed by atoms with van der Waals surface area (Å²) in [5.41, 5.74) is 0.523. The fourth-order valence-electron chi connectivity index (χ4n) is 0.324. The van der Waals surface area contributed by atoms with Crippen molar-refractivity contribution in [1.29, 1.82) is 0 Å². The lowest BCUT2D eigenvalue weighted by molar-refractivity contribution is 0.557. The minimum absolute atomic E-state index is 0.261. The largest absolute Gasteiger partial charge is 0.527 e. The minimum atomic E-state index is -5.08. The maximum Gasteiger partial charge on any atom is 0.527 e. The van der Waals surface area contributed by atoms with E-state index in [1.54, 1.807) is 0 Å². The van der Waals surface area contributed by atoms with Gasteiger partial charge in [-0.3, -0.25) is 4.65 Å². The maximum absolute atomic E-state index is 12.3. The van der Waals surface area contributed by atoms with Crippen molar-refractivity contribution in [2.45, 2.75) is 0 Å². The minimum Gasteiger partial charge on any atom is -0.251 e. The Morgan fingerprint density at radius 2 is 1.18 bits per heavy atom. The van der Waals surface area contributed by atoms with Crippen LogP contribution in [0.3, 0.4) is 0 Å². The first-order valence-electron chi connectivity index (χ1n) is 2.65. The average molecular weight is 201 g/mol. The third-order valence-corrected chi connectivity index (χ3v) is 4.54. The van der Waals surface area contributed by atoms with Crippen LogP contribution in [-0.2, 0) is 0 Å². The molecule has 0 aliphatic rings. The number of rotatable bonds is 4. The first-order chi connectivity index (χ1) is 4.83. The smallest absolute Gasteiger partial charge is 0.251 e. The number of halogens is 4. The van der Waals surface area contributed by atoms with Crippen LogP contribution >= 0.6 is 0 Å². The lowest BCUT2D eigenvalue weighted by Gasteiger charge is -2.13. The summed E-state index contributed by atoms with van der Waals surface area (Å²) in [5, 5.41) is 0. The van der Waals surface area contributed by atoms with Gasteiger partial charge in [0.2, 0.25) is 0 Å². The van der Waals surface area contributed by atoms with Gasteiger partial charge in [-0.15, -0.1) is 13.2 Å². The van der Waals surface area contributed by atoms with Crippen LogP contribution in [-0.4, -0.2) is 17.8 Å². The molecule has 0 unspecified atom stereocenters. The Morgan fingerprint density at radius 3 is 1.36 bits per heavy atom. The molecule has 0 aliphatic heterocycles. The monoisotopic (exact) mass is 201 g/mol. The second kappa shape index (κ2) is 3.33. The summed E-state index contributed by atoms with van der Waals surface area (Å²) in [5.74, 6) is 0. The lowest BCUT2D eigenvalue weighted by Crippen LogP contribution is -2.54. The van der Waals surface area contributed by atoms with Gasteiger partial charge in [0.25, 0.3) is 0 Å². The van der Waals surface area contributed by atoms with Crippen LogP contribution in [0.4, 0.5) is 16.4 Å². The van der Waals surface area contributed by atoms with Gasteiger partial charge >= 0.3 is 17.8 Å². The Kier molecular flexibility index (Phi) is 3.20. The van der Waals surface area contributed by atoms with Crippen LogP contribution in [0.25, 0.3) is 0 Å². The molecule has 0 bridgehead atoms. The second-order valence-electron chi connectivity index (χ2n) is 1.78. The Bertz CT molecular complexity index is 151. The van der Waals surface area contributed by atoms with Gasteiger partial charge in [0.15, 0.2) is 0 Å². The van der Waals surface area contributed by atoms with E-state index in [0.29, 0.717) is 0 Å². The molecule has 0 heterocycles. The van der Waals surface area contributed by atoms with Crippen molar-refractivity contribution in [3.8, 4) is 0 Å². The molecule has 11 heavy (non-hydrogen) atoms. The van der Waals surface area contributed by atoms with Crippen molar-refractivity contribution < 1.29 is 16.4 Å². The van der Waals surface area contributed by atoms with Gasteiger partial charge in [-0.1, -0.05) is 0 Å². The van der Waals surface area contributed by atoms with Crippen molar-refractivity contribution in [3.05, 3.63) is 24.6 Å². The molecule has 0 amide bonds. The number of hydrogen-bond donors (Lipinski definition) is 1. The van der Waals surface area contributed by atoms with Gasteiger partial charge in [0.1, 0.15) is 0 Å². The lowest BCUT2D eigenvalue weighted by atomic mass is 11.3. The van der Waals surface area contributed by atoms with Crippen molar-refractivity contribution in [3.63, 3.8) is 0 Å². The summed E-state index contributed by atoms with van der Waals surface area (Å²) in [6.45, 7) is 5.51. The summed E-state index contributed by atoms with van der Waals surface area (Å²) in [7, 11) is -10.2. The molecule has 0 saturated heterocycles. The summed E-state index contributed by atoms with van der Waals surface area (Å²) >= 11 is 0. The molecule has 0 spiro atoms. The summed E-state index contributed by atoms with van der Waals surface area (Å²) in [4.78, 5) is 0. The van der Waals surface area contributed by atoms with Crippen LogP contribution in [0.15, 0.2) is 24.6 Å². The molecular weight excluding hydrogens is 194 g/mol. The highest BCUT2D eigenvalue weighted by molar-refractivity contribution is 6.85. The summed E-state index contributed by atoms with van der Waals surface area (Å²) in [6.07, 6.45) is 0. The molecule has 0 saturated carbocycles. The molecule has 0 aromatic rings. The first-order valence-corrected chi connectivity index (χ1v) is 6.32. The second-order valence-corrected chi connectivity index (χ2v) is 6.09. The highest BCUT2D eigenvalue weighted by Crippen LogP contribution is 2.11. The zero-order chi connectivity index (χ0) is 9.12. The zero-order valence-corrected chi connectivity index (χ0v) is 7.58. The standard InChI is InChI=1S/C4H7F4NSi2/c1-3-10(5,6)9-11(7,8)4-2/h3-4,9H,1-2H2. The molecule has 0 atom stereocenters. The molecule has 0 fully saturated rings. The van der Waals surface area contributed by atoms with Crippen LogP contribution in [0, 0.1) is 0 Å². The number of nitrogens with one attached hydrogen (secondary N) is 1. The Morgan fingerprint density at radius 1 is 0.909 bits per heavy atom. The van der Waals surface area contributed by atoms with E-state index >= 15 is 0 Å². The normalized spacial score (nSPS) is 12.7. The fraction of sp³-hybridized carbons (Fsp3) is 0. The fourth-order valence-corrected chi connectivity index (χ4v) is 2.92. The maximum atomic E-state index is 12.3. The van der Waals surface area contributed by atoms with Gasteiger partial charge < -0.3 is 0 Å². The quantitative estimate of drug-likeness (QED) is 0.415. The molecule has 7 heteroatoms. The Balaban J connectivity index is 4.23. The van der Waals surface area contributed by atoms with Gasteiger partial charge in [0.05, 0.1) is 0 Å². The zero-order valence-electron chi connectivity index (χ0n) is 5.58. The predicted octanol–water partition coefficient (Wildman–Crippen LogP) is 1.78. The van der Waals surface area contributed by atoms with E-state index in [2.05, 4.69) is 13.2 Å². The van der Waals surface area contributed by atoms with Crippen molar-refractivity contribution >= 4 is 17.8 Å². The molecule has 1 nitrogen and oxygen atoms in total. The van der Waals surface area contributed by atoms with Crippen LogP contribution in [0.5, 0.6) is 0 Å².